The van der Waals surface area contributed by atoms with E-state index in [2.05, 4.69) is 27.7 Å². The minimum absolute atomic E-state index is 0.101. The van der Waals surface area contributed by atoms with Gasteiger partial charge in [0.15, 0.2) is 5.65 Å². The van der Waals surface area contributed by atoms with Crippen LogP contribution in [0.4, 0.5) is 0 Å². The van der Waals surface area contributed by atoms with Crippen LogP contribution in [0.5, 0.6) is 0 Å². The van der Waals surface area contributed by atoms with E-state index in [-0.39, 0.29) is 17.5 Å². The van der Waals surface area contributed by atoms with Crippen LogP contribution >= 0.6 is 0 Å². The third kappa shape index (κ3) is 3.14. The fourth-order valence-corrected chi connectivity index (χ4v) is 4.28. The summed E-state index contributed by atoms with van der Waals surface area (Å²) in [7, 11) is 0. The zero-order valence-corrected chi connectivity index (χ0v) is 17.1. The summed E-state index contributed by atoms with van der Waals surface area (Å²) in [5, 5.41) is 5.67. The van der Waals surface area contributed by atoms with Gasteiger partial charge >= 0.3 is 0 Å². The topological polar surface area (TPSA) is 77.0 Å². The highest BCUT2D eigenvalue weighted by Gasteiger charge is 2.35. The highest BCUT2D eigenvalue weighted by atomic mass is 16.2. The van der Waals surface area contributed by atoms with E-state index >= 15 is 0 Å². The summed E-state index contributed by atoms with van der Waals surface area (Å²) < 4.78 is 1.98. The van der Waals surface area contributed by atoms with Crippen LogP contribution in [0.25, 0.3) is 11.0 Å². The maximum atomic E-state index is 13.6. The van der Waals surface area contributed by atoms with E-state index in [0.29, 0.717) is 18.4 Å². The van der Waals surface area contributed by atoms with Gasteiger partial charge in [0.05, 0.1) is 22.2 Å². The first kappa shape index (κ1) is 18.4. The van der Waals surface area contributed by atoms with Crippen molar-refractivity contribution in [3.63, 3.8) is 0 Å². The molecule has 0 radical (unpaired) electrons. The summed E-state index contributed by atoms with van der Waals surface area (Å²) in [6.45, 7) is 11.9. The van der Waals surface area contributed by atoms with Gasteiger partial charge < -0.3 is 10.6 Å². The second-order valence-corrected chi connectivity index (χ2v) is 9.38. The molecule has 2 N–H and O–H groups in total. The smallest absolute Gasteiger partial charge is 0.254 e. The number of aromatic nitrogens is 3. The second kappa shape index (κ2) is 6.30. The molecule has 2 aromatic rings. The molecule has 0 bridgehead atoms. The van der Waals surface area contributed by atoms with Gasteiger partial charge in [0, 0.05) is 24.2 Å². The Morgan fingerprint density at radius 1 is 1.33 bits per heavy atom. The Balaban J connectivity index is 1.87. The van der Waals surface area contributed by atoms with Gasteiger partial charge in [-0.3, -0.25) is 4.79 Å². The lowest BCUT2D eigenvalue weighted by Gasteiger charge is -2.23. The normalized spacial score (nSPS) is 23.4. The number of likely N-dealkylation sites (tertiary alicyclic amines) is 1. The summed E-state index contributed by atoms with van der Waals surface area (Å²) in [4.78, 5) is 20.5. The quantitative estimate of drug-likeness (QED) is 0.901. The number of nitrogens with two attached hydrogens (primary N) is 1. The number of fused-ring (bicyclic) bond motifs is 1. The molecular formula is C21H31N5O. The Kier molecular flexibility index (Phi) is 4.29. The van der Waals surface area contributed by atoms with Gasteiger partial charge in [-0.2, -0.15) is 5.10 Å². The molecule has 4 rings (SSSR count). The Morgan fingerprint density at radius 3 is 2.59 bits per heavy atom. The van der Waals surface area contributed by atoms with Crippen LogP contribution < -0.4 is 5.73 Å². The molecule has 1 saturated heterocycles. The summed E-state index contributed by atoms with van der Waals surface area (Å²) in [6.07, 6.45) is 3.29. The van der Waals surface area contributed by atoms with Crippen molar-refractivity contribution in [2.75, 3.05) is 13.1 Å². The van der Waals surface area contributed by atoms with Crippen LogP contribution in [0.15, 0.2) is 6.07 Å². The number of hydrogen-bond donors (Lipinski definition) is 1. The SMILES string of the molecule is Cc1nn(C(C)(C)C)c2nc(C3CC3)cc(C(=O)N3CC(CN)CC3C)c12. The average molecular weight is 370 g/mol. The number of aryl methyl sites for hydroxylation is 1. The van der Waals surface area contributed by atoms with Crippen molar-refractivity contribution in [1.82, 2.24) is 19.7 Å². The highest BCUT2D eigenvalue weighted by molar-refractivity contribution is 6.06. The van der Waals surface area contributed by atoms with Gasteiger partial charge in [-0.05, 0) is 72.4 Å². The van der Waals surface area contributed by atoms with Crippen molar-refractivity contribution in [1.29, 1.82) is 0 Å². The Morgan fingerprint density at radius 2 is 2.04 bits per heavy atom. The summed E-state index contributed by atoms with van der Waals surface area (Å²) in [5.41, 5.74) is 9.21. The van der Waals surface area contributed by atoms with E-state index in [1.54, 1.807) is 0 Å². The largest absolute Gasteiger partial charge is 0.336 e. The standard InChI is InChI=1S/C21H31N5O/c1-12-8-14(10-22)11-25(12)20(27)16-9-17(15-6-7-15)23-19-18(16)13(2)24-26(19)21(3,4)5/h9,12,14-15H,6-8,10-11,22H2,1-5H3. The first-order valence-corrected chi connectivity index (χ1v) is 10.1. The van der Waals surface area contributed by atoms with Crippen molar-refractivity contribution in [2.24, 2.45) is 11.7 Å². The van der Waals surface area contributed by atoms with Crippen LogP contribution in [-0.2, 0) is 5.54 Å². The first-order chi connectivity index (χ1) is 12.7. The number of nitrogens with zero attached hydrogens (tertiary/aromatic N) is 4. The number of hydrogen-bond acceptors (Lipinski definition) is 4. The molecule has 2 atom stereocenters. The maximum absolute atomic E-state index is 13.6. The van der Waals surface area contributed by atoms with E-state index in [4.69, 9.17) is 15.8 Å². The minimum atomic E-state index is -0.187. The van der Waals surface area contributed by atoms with E-state index < -0.39 is 0 Å². The van der Waals surface area contributed by atoms with Crippen molar-refractivity contribution in [2.45, 2.75) is 71.4 Å². The molecule has 0 aromatic carbocycles. The van der Waals surface area contributed by atoms with E-state index in [1.807, 2.05) is 22.6 Å². The number of carbonyl (C=O) groups is 1. The molecule has 2 aliphatic rings. The summed E-state index contributed by atoms with van der Waals surface area (Å²) in [5.74, 6) is 0.976. The van der Waals surface area contributed by atoms with Crippen molar-refractivity contribution < 1.29 is 4.79 Å². The van der Waals surface area contributed by atoms with Crippen LogP contribution in [0.2, 0.25) is 0 Å². The first-order valence-electron chi connectivity index (χ1n) is 10.1. The molecule has 2 fully saturated rings. The van der Waals surface area contributed by atoms with E-state index in [9.17, 15) is 4.79 Å². The molecule has 0 spiro atoms. The molecule has 1 amide bonds. The maximum Gasteiger partial charge on any atom is 0.254 e. The molecule has 1 aliphatic heterocycles. The third-order valence-corrected chi connectivity index (χ3v) is 5.95. The number of carbonyl (C=O) groups excluding carboxylic acids is 1. The van der Waals surface area contributed by atoms with E-state index in [1.165, 1.54) is 0 Å². The Hall–Kier alpha value is -1.95. The fraction of sp³-hybridized carbons (Fsp3) is 0.667. The van der Waals surface area contributed by atoms with Crippen molar-refractivity contribution in [3.8, 4) is 0 Å². The van der Waals surface area contributed by atoms with Crippen LogP contribution in [0, 0.1) is 12.8 Å². The molecule has 1 aliphatic carbocycles. The molecule has 27 heavy (non-hydrogen) atoms. The van der Waals surface area contributed by atoms with Crippen LogP contribution in [0.3, 0.4) is 0 Å². The zero-order valence-electron chi connectivity index (χ0n) is 17.1. The molecule has 6 heteroatoms. The zero-order chi connectivity index (χ0) is 19.5. The molecule has 146 valence electrons. The Labute approximate surface area is 161 Å². The lowest BCUT2D eigenvalue weighted by atomic mass is 10.1. The predicted molar refractivity (Wildman–Crippen MR) is 107 cm³/mol. The van der Waals surface area contributed by atoms with E-state index in [0.717, 1.165) is 53.8 Å². The van der Waals surface area contributed by atoms with Gasteiger partial charge in [0.25, 0.3) is 5.91 Å². The minimum Gasteiger partial charge on any atom is -0.336 e. The third-order valence-electron chi connectivity index (χ3n) is 5.95. The van der Waals surface area contributed by atoms with Gasteiger partial charge in [0.1, 0.15) is 0 Å². The fourth-order valence-electron chi connectivity index (χ4n) is 4.28. The van der Waals surface area contributed by atoms with Gasteiger partial charge in [0.2, 0.25) is 0 Å². The predicted octanol–water partition coefficient (Wildman–Crippen LogP) is 3.18. The van der Waals surface area contributed by atoms with Gasteiger partial charge in [-0.25, -0.2) is 9.67 Å². The van der Waals surface area contributed by atoms with Gasteiger partial charge in [-0.15, -0.1) is 0 Å². The summed E-state index contributed by atoms with van der Waals surface area (Å²) >= 11 is 0. The van der Waals surface area contributed by atoms with Gasteiger partial charge in [-0.1, -0.05) is 0 Å². The molecule has 1 saturated carbocycles. The second-order valence-electron chi connectivity index (χ2n) is 9.38. The van der Waals surface area contributed by atoms with Crippen LogP contribution in [0.1, 0.15) is 74.6 Å². The number of pyridine rings is 1. The van der Waals surface area contributed by atoms with Crippen molar-refractivity contribution >= 4 is 16.9 Å². The monoisotopic (exact) mass is 369 g/mol. The summed E-state index contributed by atoms with van der Waals surface area (Å²) in [6, 6.07) is 2.25. The molecule has 6 nitrogen and oxygen atoms in total. The molecular weight excluding hydrogens is 338 g/mol. The van der Waals surface area contributed by atoms with Crippen LogP contribution in [-0.4, -0.2) is 44.7 Å². The average Bonchev–Trinajstić information content (AvgIpc) is 3.31. The number of amides is 1. The number of rotatable bonds is 3. The highest BCUT2D eigenvalue weighted by Crippen LogP contribution is 2.41. The lowest BCUT2D eigenvalue weighted by molar-refractivity contribution is 0.0745. The van der Waals surface area contributed by atoms with Crippen molar-refractivity contribution in [3.05, 3.63) is 23.0 Å². The molecule has 2 aromatic heterocycles. The Bertz CT molecular complexity index is 890. The lowest BCUT2D eigenvalue weighted by Crippen LogP contribution is -2.34. The molecule has 2 unspecified atom stereocenters. The molecule has 3 heterocycles.